The second-order valence-corrected chi connectivity index (χ2v) is 7.50. The zero-order valence-corrected chi connectivity index (χ0v) is 14.9. The molecule has 8 heteroatoms. The number of ether oxygens (including phenoxy) is 1. The number of nitro benzene ring substituents is 1. The van der Waals surface area contributed by atoms with Crippen LogP contribution in [0.4, 0.5) is 5.69 Å². The molecule has 2 rings (SSSR count). The van der Waals surface area contributed by atoms with Crippen molar-refractivity contribution in [1.82, 2.24) is 4.72 Å². The van der Waals surface area contributed by atoms with E-state index >= 15 is 0 Å². The van der Waals surface area contributed by atoms with Gasteiger partial charge in [0.2, 0.25) is 10.0 Å². The van der Waals surface area contributed by atoms with E-state index < -0.39 is 14.9 Å². The first kappa shape index (κ1) is 18.9. The highest BCUT2D eigenvalue weighted by molar-refractivity contribution is 7.88. The van der Waals surface area contributed by atoms with Gasteiger partial charge in [0, 0.05) is 18.7 Å². The van der Waals surface area contributed by atoms with Crippen LogP contribution in [0.1, 0.15) is 16.7 Å². The maximum Gasteiger partial charge on any atom is 0.269 e. The van der Waals surface area contributed by atoms with Crippen LogP contribution in [0.15, 0.2) is 42.5 Å². The monoisotopic (exact) mass is 364 g/mol. The van der Waals surface area contributed by atoms with Gasteiger partial charge in [-0.25, -0.2) is 13.1 Å². The molecule has 0 aliphatic carbocycles. The molecule has 0 heterocycles. The fourth-order valence-electron chi connectivity index (χ4n) is 2.35. The van der Waals surface area contributed by atoms with Gasteiger partial charge < -0.3 is 4.74 Å². The fraction of sp³-hybridized carbons (Fsp3) is 0.294. The summed E-state index contributed by atoms with van der Waals surface area (Å²) in [5.41, 5.74) is 2.34. The third kappa shape index (κ3) is 5.84. The summed E-state index contributed by atoms with van der Waals surface area (Å²) in [6.07, 6.45) is 0. The van der Waals surface area contributed by atoms with Gasteiger partial charge in [0.1, 0.15) is 12.4 Å². The lowest BCUT2D eigenvalue weighted by Gasteiger charge is -2.11. The zero-order valence-electron chi connectivity index (χ0n) is 14.1. The van der Waals surface area contributed by atoms with Gasteiger partial charge in [-0.3, -0.25) is 10.1 Å². The Balaban J connectivity index is 1.87. The maximum atomic E-state index is 12.1. The van der Waals surface area contributed by atoms with E-state index in [4.69, 9.17) is 4.74 Å². The van der Waals surface area contributed by atoms with E-state index in [0.717, 1.165) is 11.1 Å². The summed E-state index contributed by atoms with van der Waals surface area (Å²) in [6.45, 7) is 4.22. The van der Waals surface area contributed by atoms with E-state index in [1.54, 1.807) is 6.07 Å². The number of hydrogen-bond acceptors (Lipinski definition) is 5. The Bertz CT molecular complexity index is 865. The minimum atomic E-state index is -3.60. The molecule has 0 saturated heterocycles. The van der Waals surface area contributed by atoms with Gasteiger partial charge in [-0.15, -0.1) is 0 Å². The van der Waals surface area contributed by atoms with Crippen LogP contribution in [0.2, 0.25) is 0 Å². The molecule has 0 aliphatic heterocycles. The number of nitrogens with zero attached hydrogens (tertiary/aromatic N) is 1. The molecule has 7 nitrogen and oxygen atoms in total. The van der Waals surface area contributed by atoms with Crippen molar-refractivity contribution in [3.63, 3.8) is 0 Å². The van der Waals surface area contributed by atoms with Gasteiger partial charge in [-0.1, -0.05) is 29.8 Å². The molecular weight excluding hydrogens is 344 g/mol. The molecule has 2 aromatic rings. The average molecular weight is 364 g/mol. The first-order valence-corrected chi connectivity index (χ1v) is 9.33. The Morgan fingerprint density at radius 2 is 1.92 bits per heavy atom. The summed E-state index contributed by atoms with van der Waals surface area (Å²) in [5, 5.41) is 10.7. The van der Waals surface area contributed by atoms with Crippen molar-refractivity contribution in [1.29, 1.82) is 0 Å². The summed E-state index contributed by atoms with van der Waals surface area (Å²) >= 11 is 0. The van der Waals surface area contributed by atoms with Gasteiger partial charge >= 0.3 is 0 Å². The number of benzene rings is 2. The molecule has 0 atom stereocenters. The quantitative estimate of drug-likeness (QED) is 0.441. The molecule has 0 aromatic heterocycles. The molecule has 0 unspecified atom stereocenters. The minimum Gasteiger partial charge on any atom is -0.492 e. The normalized spacial score (nSPS) is 11.3. The smallest absolute Gasteiger partial charge is 0.269 e. The third-order valence-corrected chi connectivity index (χ3v) is 4.85. The minimum absolute atomic E-state index is 0.116. The molecular formula is C17H20N2O5S. The number of nitro groups is 1. The second kappa shape index (κ2) is 8.09. The predicted molar refractivity (Wildman–Crippen MR) is 95.1 cm³/mol. The van der Waals surface area contributed by atoms with Crippen molar-refractivity contribution in [3.8, 4) is 5.75 Å². The number of aryl methyl sites for hydroxylation is 2. The molecule has 134 valence electrons. The number of nitrogens with one attached hydrogen (secondary N) is 1. The first-order valence-electron chi connectivity index (χ1n) is 7.67. The van der Waals surface area contributed by atoms with Crippen molar-refractivity contribution in [2.45, 2.75) is 19.6 Å². The average Bonchev–Trinajstić information content (AvgIpc) is 2.53. The van der Waals surface area contributed by atoms with Gasteiger partial charge in [-0.05, 0) is 31.0 Å². The van der Waals surface area contributed by atoms with Crippen LogP contribution in [-0.2, 0) is 15.8 Å². The molecule has 0 spiro atoms. The highest BCUT2D eigenvalue weighted by atomic mass is 32.2. The molecule has 0 amide bonds. The summed E-state index contributed by atoms with van der Waals surface area (Å²) < 4.78 is 32.1. The first-order chi connectivity index (χ1) is 11.8. The lowest BCUT2D eigenvalue weighted by molar-refractivity contribution is -0.384. The SMILES string of the molecule is Cc1ccc(OCCNS(=O)(=O)Cc2cccc([N+](=O)[O-])c2)c(C)c1. The van der Waals surface area contributed by atoms with E-state index in [1.807, 2.05) is 32.0 Å². The van der Waals surface area contributed by atoms with Crippen LogP contribution in [0, 0.1) is 24.0 Å². The van der Waals surface area contributed by atoms with Crippen LogP contribution in [-0.4, -0.2) is 26.5 Å². The Morgan fingerprint density at radius 1 is 1.16 bits per heavy atom. The van der Waals surface area contributed by atoms with Crippen LogP contribution in [0.3, 0.4) is 0 Å². The van der Waals surface area contributed by atoms with Crippen LogP contribution in [0.25, 0.3) is 0 Å². The molecule has 1 N–H and O–H groups in total. The van der Waals surface area contributed by atoms with E-state index in [2.05, 4.69) is 4.72 Å². The van der Waals surface area contributed by atoms with Gasteiger partial charge in [0.15, 0.2) is 0 Å². The molecule has 0 aliphatic rings. The summed E-state index contributed by atoms with van der Waals surface area (Å²) in [7, 11) is -3.60. The lowest BCUT2D eigenvalue weighted by atomic mass is 10.1. The summed E-state index contributed by atoms with van der Waals surface area (Å²) in [6, 6.07) is 11.3. The number of hydrogen-bond donors (Lipinski definition) is 1. The molecule has 2 aromatic carbocycles. The molecule has 0 radical (unpaired) electrons. The van der Waals surface area contributed by atoms with Crippen LogP contribution in [0.5, 0.6) is 5.75 Å². The molecule has 0 bridgehead atoms. The topological polar surface area (TPSA) is 98.5 Å². The zero-order chi connectivity index (χ0) is 18.4. The number of non-ortho nitro benzene ring substituents is 1. The van der Waals surface area contributed by atoms with Gasteiger partial charge in [0.05, 0.1) is 10.7 Å². The van der Waals surface area contributed by atoms with E-state index in [-0.39, 0.29) is 24.6 Å². The van der Waals surface area contributed by atoms with Gasteiger partial charge in [-0.2, -0.15) is 0 Å². The summed E-state index contributed by atoms with van der Waals surface area (Å²) in [5.74, 6) is 0.390. The number of sulfonamides is 1. The van der Waals surface area contributed by atoms with E-state index in [1.165, 1.54) is 18.2 Å². The number of rotatable bonds is 8. The van der Waals surface area contributed by atoms with Crippen molar-refractivity contribution in [2.75, 3.05) is 13.2 Å². The predicted octanol–water partition coefficient (Wildman–Crippen LogP) is 2.71. The van der Waals surface area contributed by atoms with Crippen LogP contribution < -0.4 is 9.46 Å². The fourth-order valence-corrected chi connectivity index (χ4v) is 3.46. The summed E-state index contributed by atoms with van der Waals surface area (Å²) in [4.78, 5) is 10.2. The van der Waals surface area contributed by atoms with E-state index in [9.17, 15) is 18.5 Å². The Kier molecular flexibility index (Phi) is 6.11. The Labute approximate surface area is 146 Å². The highest BCUT2D eigenvalue weighted by Crippen LogP contribution is 2.18. The van der Waals surface area contributed by atoms with Crippen molar-refractivity contribution >= 4 is 15.7 Å². The standard InChI is InChI=1S/C17H20N2O5S/c1-13-6-7-17(14(2)10-13)24-9-8-18-25(22,23)12-15-4-3-5-16(11-15)19(20)21/h3-7,10-11,18H,8-9,12H2,1-2H3. The van der Waals surface area contributed by atoms with Crippen molar-refractivity contribution in [2.24, 2.45) is 0 Å². The molecule has 0 fully saturated rings. The van der Waals surface area contributed by atoms with E-state index in [0.29, 0.717) is 11.3 Å². The second-order valence-electron chi connectivity index (χ2n) is 5.70. The Hall–Kier alpha value is -2.45. The molecule has 0 saturated carbocycles. The Morgan fingerprint density at radius 3 is 2.60 bits per heavy atom. The largest absolute Gasteiger partial charge is 0.492 e. The third-order valence-electron chi connectivity index (χ3n) is 3.49. The van der Waals surface area contributed by atoms with Crippen molar-refractivity contribution in [3.05, 3.63) is 69.3 Å². The lowest BCUT2D eigenvalue weighted by Crippen LogP contribution is -2.29. The molecule has 25 heavy (non-hydrogen) atoms. The van der Waals surface area contributed by atoms with Crippen molar-refractivity contribution < 1.29 is 18.1 Å². The van der Waals surface area contributed by atoms with Crippen LogP contribution >= 0.6 is 0 Å². The maximum absolute atomic E-state index is 12.1. The van der Waals surface area contributed by atoms with Gasteiger partial charge in [0.25, 0.3) is 5.69 Å². The highest BCUT2D eigenvalue weighted by Gasteiger charge is 2.14.